The first-order valence-electron chi connectivity index (χ1n) is 12.9. The minimum atomic E-state index is -0.438. The molecule has 0 saturated heterocycles. The molecule has 7 rings (SSSR count). The highest BCUT2D eigenvalue weighted by Crippen LogP contribution is 2.31. The van der Waals surface area contributed by atoms with Crippen molar-refractivity contribution in [2.75, 3.05) is 0 Å². The van der Waals surface area contributed by atoms with Crippen molar-refractivity contribution in [3.05, 3.63) is 120 Å². The first-order valence-corrected chi connectivity index (χ1v) is 12.9. The number of aryl methyl sites for hydroxylation is 3. The molecule has 1 aliphatic rings. The van der Waals surface area contributed by atoms with Gasteiger partial charge in [0.25, 0.3) is 0 Å². The van der Waals surface area contributed by atoms with Crippen LogP contribution in [0.25, 0.3) is 34.1 Å². The van der Waals surface area contributed by atoms with E-state index in [0.29, 0.717) is 5.56 Å². The van der Waals surface area contributed by atoms with Crippen molar-refractivity contribution in [3.8, 4) is 22.9 Å². The van der Waals surface area contributed by atoms with Gasteiger partial charge in [-0.2, -0.15) is 5.10 Å². The molecule has 2 aromatic carbocycles. The molecule has 0 unspecified atom stereocenters. The first-order chi connectivity index (χ1) is 19.1. The summed E-state index contributed by atoms with van der Waals surface area (Å²) < 4.78 is 3.96. The number of fused-ring (bicyclic) bond motifs is 2. The van der Waals surface area contributed by atoms with Crippen LogP contribution in [0.15, 0.2) is 97.5 Å². The van der Waals surface area contributed by atoms with Gasteiger partial charge < -0.3 is 5.73 Å². The molecule has 39 heavy (non-hydrogen) atoms. The summed E-state index contributed by atoms with van der Waals surface area (Å²) in [7, 11) is 0. The van der Waals surface area contributed by atoms with Crippen molar-refractivity contribution in [1.29, 1.82) is 0 Å². The van der Waals surface area contributed by atoms with Gasteiger partial charge >= 0.3 is 0 Å². The summed E-state index contributed by atoms with van der Waals surface area (Å²) in [6, 6.07) is 26.4. The van der Waals surface area contributed by atoms with Gasteiger partial charge in [-0.3, -0.25) is 14.3 Å². The summed E-state index contributed by atoms with van der Waals surface area (Å²) in [6.45, 7) is 1.85. The largest absolute Gasteiger partial charge is 0.366 e. The maximum atomic E-state index is 10.5. The molecule has 2 N–H and O–H groups in total. The topological polar surface area (TPSA) is 105 Å². The van der Waals surface area contributed by atoms with E-state index in [1.165, 1.54) is 30.2 Å². The lowest BCUT2D eigenvalue weighted by Crippen LogP contribution is -2.10. The number of hydrogen-bond donors (Lipinski definition) is 1. The number of pyridine rings is 2. The molecule has 0 fully saturated rings. The van der Waals surface area contributed by atoms with Crippen LogP contribution >= 0.6 is 0 Å². The van der Waals surface area contributed by atoms with E-state index in [4.69, 9.17) is 15.7 Å². The Bertz CT molecular complexity index is 1760. The summed E-state index contributed by atoms with van der Waals surface area (Å²) in [5.74, 6) is 1.25. The molecular formula is C31H27N7O. The number of primary amides is 1. The van der Waals surface area contributed by atoms with Gasteiger partial charge in [0.2, 0.25) is 5.91 Å². The number of nitrogens with two attached hydrogens (primary N) is 1. The van der Waals surface area contributed by atoms with Gasteiger partial charge in [0, 0.05) is 35.5 Å². The third kappa shape index (κ3) is 4.92. The minimum absolute atomic E-state index is 0.438. The summed E-state index contributed by atoms with van der Waals surface area (Å²) >= 11 is 0. The Balaban J connectivity index is 0.000000235. The summed E-state index contributed by atoms with van der Waals surface area (Å²) in [6.07, 6.45) is 8.69. The minimum Gasteiger partial charge on any atom is -0.366 e. The second-order valence-electron chi connectivity index (χ2n) is 9.46. The molecule has 1 aliphatic carbocycles. The van der Waals surface area contributed by atoms with Gasteiger partial charge in [-0.1, -0.05) is 36.4 Å². The summed E-state index contributed by atoms with van der Waals surface area (Å²) in [5, 5.41) is 4.33. The first kappa shape index (κ1) is 24.2. The third-order valence-corrected chi connectivity index (χ3v) is 6.80. The van der Waals surface area contributed by atoms with Gasteiger partial charge in [-0.15, -0.1) is 0 Å². The van der Waals surface area contributed by atoms with Crippen molar-refractivity contribution in [3.63, 3.8) is 0 Å². The zero-order chi connectivity index (χ0) is 26.8. The van der Waals surface area contributed by atoms with Crippen molar-refractivity contribution in [2.45, 2.75) is 26.2 Å². The van der Waals surface area contributed by atoms with E-state index in [9.17, 15) is 4.79 Å². The lowest BCUT2D eigenvalue weighted by Gasteiger charge is -2.11. The second-order valence-corrected chi connectivity index (χ2v) is 9.46. The number of nitrogens with zero attached hydrogens (tertiary/aromatic N) is 6. The normalized spacial score (nSPS) is 12.1. The molecule has 1 amide bonds. The average Bonchev–Trinajstić information content (AvgIpc) is 3.73. The van der Waals surface area contributed by atoms with E-state index in [1.807, 2.05) is 49.5 Å². The lowest BCUT2D eigenvalue weighted by molar-refractivity contribution is 0.1000. The quantitative estimate of drug-likeness (QED) is 0.347. The second kappa shape index (κ2) is 10.3. The Kier molecular flexibility index (Phi) is 6.42. The Hall–Kier alpha value is -5.11. The van der Waals surface area contributed by atoms with E-state index in [-0.39, 0.29) is 0 Å². The van der Waals surface area contributed by atoms with Gasteiger partial charge in [0.05, 0.1) is 5.56 Å². The Morgan fingerprint density at radius 3 is 2.49 bits per heavy atom. The van der Waals surface area contributed by atoms with E-state index in [2.05, 4.69) is 45.0 Å². The molecule has 6 aromatic rings. The summed E-state index contributed by atoms with van der Waals surface area (Å²) in [4.78, 5) is 24.3. The summed E-state index contributed by atoms with van der Waals surface area (Å²) in [5.41, 5.74) is 13.1. The molecule has 4 aromatic heterocycles. The number of amides is 1. The molecule has 0 saturated carbocycles. The van der Waals surface area contributed by atoms with Crippen LogP contribution in [-0.2, 0) is 12.8 Å². The van der Waals surface area contributed by atoms with Crippen LogP contribution in [0.2, 0.25) is 0 Å². The van der Waals surface area contributed by atoms with Crippen LogP contribution in [0.4, 0.5) is 0 Å². The van der Waals surface area contributed by atoms with Gasteiger partial charge in [0.1, 0.15) is 11.3 Å². The van der Waals surface area contributed by atoms with E-state index in [0.717, 1.165) is 46.2 Å². The van der Waals surface area contributed by atoms with Gasteiger partial charge in [-0.05, 0) is 79.8 Å². The third-order valence-electron chi connectivity index (χ3n) is 6.80. The van der Waals surface area contributed by atoms with Crippen LogP contribution in [0, 0.1) is 6.92 Å². The van der Waals surface area contributed by atoms with E-state index >= 15 is 0 Å². The van der Waals surface area contributed by atoms with E-state index in [1.54, 1.807) is 23.0 Å². The van der Waals surface area contributed by atoms with Crippen LogP contribution in [0.3, 0.4) is 0 Å². The van der Waals surface area contributed by atoms with Gasteiger partial charge in [-0.25, -0.2) is 14.6 Å². The number of aromatic nitrogens is 6. The molecule has 8 heteroatoms. The predicted molar refractivity (Wildman–Crippen MR) is 151 cm³/mol. The lowest BCUT2D eigenvalue weighted by atomic mass is 10.1. The highest BCUT2D eigenvalue weighted by molar-refractivity contribution is 5.92. The molecule has 0 bridgehead atoms. The number of hydrogen-bond acceptors (Lipinski definition) is 5. The molecule has 0 radical (unpaired) electrons. The highest BCUT2D eigenvalue weighted by Gasteiger charge is 2.18. The van der Waals surface area contributed by atoms with Crippen molar-refractivity contribution in [2.24, 2.45) is 5.73 Å². The molecule has 8 nitrogen and oxygen atoms in total. The van der Waals surface area contributed by atoms with Crippen molar-refractivity contribution >= 4 is 17.1 Å². The molecule has 4 heterocycles. The Morgan fingerprint density at radius 1 is 0.897 bits per heavy atom. The Labute approximate surface area is 225 Å². The average molecular weight is 514 g/mol. The maximum Gasteiger partial charge on any atom is 0.250 e. The monoisotopic (exact) mass is 513 g/mol. The standard InChI is InChI=1S/C24H19N5.C7H8N2O/c1-2-6-18(7-3-1)23-26-21-12-13-22(28-15-5-14-25-28)27-24(21)29(23)20-11-10-17-8-4-9-19(17)16-20;1-5-2-3-6(4-9-5)7(8)10/h1-3,5-7,10-16H,4,8-9H2;2-4H,1H3,(H2,8,10). The molecule has 0 aliphatic heterocycles. The van der Waals surface area contributed by atoms with Crippen molar-refractivity contribution < 1.29 is 4.79 Å². The maximum absolute atomic E-state index is 10.5. The molecular weight excluding hydrogens is 486 g/mol. The highest BCUT2D eigenvalue weighted by atomic mass is 16.1. The molecule has 0 atom stereocenters. The zero-order valence-corrected chi connectivity index (χ0v) is 21.5. The van der Waals surface area contributed by atoms with Crippen molar-refractivity contribution in [1.82, 2.24) is 29.3 Å². The number of rotatable bonds is 4. The SMILES string of the molecule is Cc1ccc(C(N)=O)cn1.c1ccc(-c2nc3ccc(-n4cccn4)nc3n2-c2ccc3c(c2)CCC3)cc1. The number of imidazole rings is 1. The smallest absolute Gasteiger partial charge is 0.250 e. The van der Waals surface area contributed by atoms with Gasteiger partial charge in [0.15, 0.2) is 11.5 Å². The number of benzene rings is 2. The predicted octanol–water partition coefficient (Wildman–Crippen LogP) is 5.25. The van der Waals surface area contributed by atoms with E-state index < -0.39 is 5.91 Å². The fourth-order valence-electron chi connectivity index (χ4n) is 4.82. The van der Waals surface area contributed by atoms with Crippen LogP contribution in [0.5, 0.6) is 0 Å². The fraction of sp³-hybridized carbons (Fsp3) is 0.129. The molecule has 0 spiro atoms. The zero-order valence-electron chi connectivity index (χ0n) is 21.5. The van der Waals surface area contributed by atoms with Crippen LogP contribution in [0.1, 0.15) is 33.6 Å². The van der Waals surface area contributed by atoms with Crippen LogP contribution < -0.4 is 5.73 Å². The van der Waals surface area contributed by atoms with Crippen LogP contribution in [-0.4, -0.2) is 35.2 Å². The number of carbonyl (C=O) groups excluding carboxylic acids is 1. The fourth-order valence-corrected chi connectivity index (χ4v) is 4.82. The number of carbonyl (C=O) groups is 1. The Morgan fingerprint density at radius 2 is 1.74 bits per heavy atom. The molecule has 192 valence electrons.